The lowest BCUT2D eigenvalue weighted by Crippen LogP contribution is -2.18. The number of nitrogens with zero attached hydrogens (tertiary/aromatic N) is 4. The molecule has 35 heavy (non-hydrogen) atoms. The molecule has 2 aromatic carbocycles. The number of aromatic nitrogens is 4. The lowest BCUT2D eigenvalue weighted by atomic mass is 10.1. The van der Waals surface area contributed by atoms with E-state index < -0.39 is 16.8 Å². The summed E-state index contributed by atoms with van der Waals surface area (Å²) in [6.07, 6.45) is -1.71. The highest BCUT2D eigenvalue weighted by Crippen LogP contribution is 2.36. The number of carbonyl (C=O) groups excluding carboxylic acids is 1. The molecule has 0 atom stereocenters. The van der Waals surface area contributed by atoms with Gasteiger partial charge in [-0.2, -0.15) is 18.3 Å². The Morgan fingerprint density at radius 3 is 2.51 bits per heavy atom. The van der Waals surface area contributed by atoms with Crippen LogP contribution in [0.15, 0.2) is 67.0 Å². The summed E-state index contributed by atoms with van der Waals surface area (Å²) in [5.41, 5.74) is 0.461. The lowest BCUT2D eigenvalue weighted by molar-refractivity contribution is -0.137. The number of hydrogen-bond donors (Lipinski definition) is 2. The molecule has 0 saturated heterocycles. The summed E-state index contributed by atoms with van der Waals surface area (Å²) in [4.78, 5) is 20.0. The molecule has 0 bridgehead atoms. The molecular formula is C23H16ClF3N6O2. The number of nitrogens with one attached hydrogen (secondary N) is 2. The van der Waals surface area contributed by atoms with Crippen LogP contribution in [-0.2, 0) is 6.18 Å². The highest BCUT2D eigenvalue weighted by molar-refractivity contribution is 6.31. The molecule has 0 radical (unpaired) electrons. The van der Waals surface area contributed by atoms with Gasteiger partial charge in [-0.25, -0.2) is 4.98 Å². The normalized spacial score (nSPS) is 11.1. The van der Waals surface area contributed by atoms with E-state index in [2.05, 4.69) is 30.8 Å². The van der Waals surface area contributed by atoms with Crippen LogP contribution in [0.3, 0.4) is 0 Å². The van der Waals surface area contributed by atoms with Gasteiger partial charge in [0.1, 0.15) is 17.2 Å². The number of amides is 1. The second kappa shape index (κ2) is 9.94. The molecule has 0 fully saturated rings. The summed E-state index contributed by atoms with van der Waals surface area (Å²) in [6, 6.07) is 13.4. The fraction of sp³-hybridized carbons (Fsp3) is 0.0870. The Balaban J connectivity index is 1.50. The topological polar surface area (TPSA) is 102 Å². The number of alkyl halides is 3. The molecule has 0 aliphatic heterocycles. The van der Waals surface area contributed by atoms with Crippen molar-refractivity contribution in [2.45, 2.75) is 6.18 Å². The van der Waals surface area contributed by atoms with E-state index in [1.165, 1.54) is 31.6 Å². The summed E-state index contributed by atoms with van der Waals surface area (Å²) in [7, 11) is 1.51. The average Bonchev–Trinajstić information content (AvgIpc) is 2.85. The van der Waals surface area contributed by atoms with Gasteiger partial charge in [0, 0.05) is 30.6 Å². The SMILES string of the molecule is CNC(=O)c1cc(Oc2ccc(-c3cnnc(Nc4ccc(Cl)c(C(F)(F)F)c4)n3)cc2)ccn1. The summed E-state index contributed by atoms with van der Waals surface area (Å²) in [6.45, 7) is 0. The molecule has 2 aromatic heterocycles. The molecule has 0 saturated carbocycles. The molecule has 4 aromatic rings. The number of hydrogen-bond acceptors (Lipinski definition) is 7. The van der Waals surface area contributed by atoms with Crippen molar-refractivity contribution >= 4 is 29.1 Å². The highest BCUT2D eigenvalue weighted by Gasteiger charge is 2.33. The van der Waals surface area contributed by atoms with Gasteiger partial charge in [0.05, 0.1) is 22.5 Å². The molecule has 0 aliphatic carbocycles. The number of carbonyl (C=O) groups is 1. The maximum absolute atomic E-state index is 13.1. The molecule has 1 amide bonds. The largest absolute Gasteiger partial charge is 0.457 e. The Kier molecular flexibility index (Phi) is 6.78. The van der Waals surface area contributed by atoms with Gasteiger partial charge in [-0.15, -0.1) is 5.10 Å². The van der Waals surface area contributed by atoms with E-state index in [-0.39, 0.29) is 23.2 Å². The molecule has 178 valence electrons. The van der Waals surface area contributed by atoms with E-state index in [9.17, 15) is 18.0 Å². The summed E-state index contributed by atoms with van der Waals surface area (Å²) >= 11 is 5.66. The van der Waals surface area contributed by atoms with Crippen molar-refractivity contribution in [1.29, 1.82) is 0 Å². The van der Waals surface area contributed by atoms with Crippen molar-refractivity contribution in [3.63, 3.8) is 0 Å². The van der Waals surface area contributed by atoms with Crippen LogP contribution in [0.5, 0.6) is 11.5 Å². The van der Waals surface area contributed by atoms with Crippen molar-refractivity contribution in [2.75, 3.05) is 12.4 Å². The predicted molar refractivity (Wildman–Crippen MR) is 123 cm³/mol. The van der Waals surface area contributed by atoms with Crippen LogP contribution in [0.1, 0.15) is 16.1 Å². The number of anilines is 2. The lowest BCUT2D eigenvalue weighted by Gasteiger charge is -2.12. The molecule has 8 nitrogen and oxygen atoms in total. The maximum Gasteiger partial charge on any atom is 0.417 e. The minimum Gasteiger partial charge on any atom is -0.457 e. The molecule has 0 unspecified atom stereocenters. The van der Waals surface area contributed by atoms with Crippen molar-refractivity contribution in [3.8, 4) is 22.8 Å². The summed E-state index contributed by atoms with van der Waals surface area (Å²) in [5.74, 6) is 0.614. The standard InChI is InChI=1S/C23H16ClF3N6O2/c1-28-21(34)19-11-16(8-9-29-19)35-15-5-2-13(3-6-15)20-12-30-33-22(32-20)31-14-4-7-18(24)17(10-14)23(25,26)27/h2-12H,1H3,(H,28,34)(H,31,32,33). The van der Waals surface area contributed by atoms with Crippen LogP contribution in [0.25, 0.3) is 11.3 Å². The van der Waals surface area contributed by atoms with Crippen LogP contribution in [0.2, 0.25) is 5.02 Å². The zero-order chi connectivity index (χ0) is 25.0. The minimum absolute atomic E-state index is 0.0109. The zero-order valence-electron chi connectivity index (χ0n) is 18.0. The monoisotopic (exact) mass is 500 g/mol. The zero-order valence-corrected chi connectivity index (χ0v) is 18.7. The minimum atomic E-state index is -4.60. The number of ether oxygens (including phenoxy) is 1. The Labute approximate surface area is 202 Å². The Hall–Kier alpha value is -4.25. The average molecular weight is 501 g/mol. The van der Waals surface area contributed by atoms with Crippen molar-refractivity contribution < 1.29 is 22.7 Å². The van der Waals surface area contributed by atoms with E-state index in [1.807, 2.05) is 0 Å². The third kappa shape index (κ3) is 5.82. The van der Waals surface area contributed by atoms with Crippen LogP contribution in [-0.4, -0.2) is 33.1 Å². The first-order chi connectivity index (χ1) is 16.7. The third-order valence-electron chi connectivity index (χ3n) is 4.66. The number of rotatable bonds is 6. The first-order valence-electron chi connectivity index (χ1n) is 10.0. The first-order valence-corrected chi connectivity index (χ1v) is 10.4. The quantitative estimate of drug-likeness (QED) is 0.360. The molecule has 2 heterocycles. The van der Waals surface area contributed by atoms with E-state index >= 15 is 0 Å². The third-order valence-corrected chi connectivity index (χ3v) is 4.99. The van der Waals surface area contributed by atoms with Crippen molar-refractivity contribution in [2.24, 2.45) is 0 Å². The van der Waals surface area contributed by atoms with Crippen LogP contribution < -0.4 is 15.4 Å². The van der Waals surface area contributed by atoms with E-state index in [0.717, 1.165) is 12.1 Å². The van der Waals surface area contributed by atoms with Crippen LogP contribution >= 0.6 is 11.6 Å². The van der Waals surface area contributed by atoms with Crippen molar-refractivity contribution in [1.82, 2.24) is 25.5 Å². The Morgan fingerprint density at radius 2 is 1.80 bits per heavy atom. The second-order valence-electron chi connectivity index (χ2n) is 7.06. The summed E-state index contributed by atoms with van der Waals surface area (Å²) < 4.78 is 45.1. The van der Waals surface area contributed by atoms with Gasteiger partial charge in [0.25, 0.3) is 5.91 Å². The smallest absolute Gasteiger partial charge is 0.417 e. The molecule has 12 heteroatoms. The van der Waals surface area contributed by atoms with Crippen LogP contribution in [0, 0.1) is 0 Å². The molecule has 0 spiro atoms. The van der Waals surface area contributed by atoms with E-state index in [1.54, 1.807) is 30.3 Å². The van der Waals surface area contributed by atoms with Crippen molar-refractivity contribution in [3.05, 3.63) is 83.3 Å². The molecule has 0 aliphatic rings. The van der Waals surface area contributed by atoms with Gasteiger partial charge >= 0.3 is 6.18 Å². The van der Waals surface area contributed by atoms with Gasteiger partial charge < -0.3 is 15.4 Å². The summed E-state index contributed by atoms with van der Waals surface area (Å²) in [5, 5.41) is 12.5. The van der Waals surface area contributed by atoms with E-state index in [0.29, 0.717) is 22.8 Å². The highest BCUT2D eigenvalue weighted by atomic mass is 35.5. The maximum atomic E-state index is 13.1. The molecule has 2 N–H and O–H groups in total. The van der Waals surface area contributed by atoms with Gasteiger partial charge in [0.15, 0.2) is 0 Å². The van der Waals surface area contributed by atoms with E-state index in [4.69, 9.17) is 16.3 Å². The second-order valence-corrected chi connectivity index (χ2v) is 7.47. The number of pyridine rings is 1. The number of benzene rings is 2. The van der Waals surface area contributed by atoms with Gasteiger partial charge in [0.2, 0.25) is 5.95 Å². The molecule has 4 rings (SSSR count). The van der Waals surface area contributed by atoms with Gasteiger partial charge in [-0.05, 0) is 48.5 Å². The van der Waals surface area contributed by atoms with Crippen LogP contribution in [0.4, 0.5) is 24.8 Å². The fourth-order valence-corrected chi connectivity index (χ4v) is 3.23. The molecular weight excluding hydrogens is 485 g/mol. The van der Waals surface area contributed by atoms with Gasteiger partial charge in [-0.1, -0.05) is 11.6 Å². The van der Waals surface area contributed by atoms with Gasteiger partial charge in [-0.3, -0.25) is 9.78 Å². The predicted octanol–water partition coefficient (Wildman–Crippen LogP) is 5.50. The number of halogens is 4. The Morgan fingerprint density at radius 1 is 1.03 bits per heavy atom. The Bertz CT molecular complexity index is 1370. The fourth-order valence-electron chi connectivity index (χ4n) is 3.00. The first kappa shape index (κ1) is 23.9.